The average Bonchev–Trinajstić information content (AvgIpc) is 2.77. The van der Waals surface area contributed by atoms with Crippen molar-refractivity contribution in [3.8, 4) is 0 Å². The Bertz CT molecular complexity index is 758. The number of nitrogens with zero attached hydrogens (tertiary/aromatic N) is 2. The van der Waals surface area contributed by atoms with Gasteiger partial charge in [0.25, 0.3) is 5.91 Å². The highest BCUT2D eigenvalue weighted by Crippen LogP contribution is 2.43. The Labute approximate surface area is 134 Å². The number of amides is 1. The van der Waals surface area contributed by atoms with E-state index in [1.165, 1.54) is 12.4 Å². The van der Waals surface area contributed by atoms with Gasteiger partial charge in [-0.2, -0.15) is 0 Å². The summed E-state index contributed by atoms with van der Waals surface area (Å²) in [6.07, 6.45) is 2.75. The van der Waals surface area contributed by atoms with E-state index >= 15 is 0 Å². The van der Waals surface area contributed by atoms with Crippen LogP contribution in [0.5, 0.6) is 0 Å². The van der Waals surface area contributed by atoms with Crippen LogP contribution in [0, 0.1) is 0 Å². The lowest BCUT2D eigenvalue weighted by atomic mass is 9.88. The van der Waals surface area contributed by atoms with E-state index in [2.05, 4.69) is 4.98 Å². The van der Waals surface area contributed by atoms with Gasteiger partial charge in [-0.1, -0.05) is 18.2 Å². The maximum absolute atomic E-state index is 12.8. The number of pyridine rings is 1. The fraction of sp³-hybridized carbons (Fsp3) is 0.278. The van der Waals surface area contributed by atoms with Gasteiger partial charge in [-0.25, -0.2) is 0 Å². The zero-order valence-electron chi connectivity index (χ0n) is 13.1. The van der Waals surface area contributed by atoms with E-state index in [1.807, 2.05) is 19.9 Å². The molecule has 2 aromatic rings. The number of carbonyl (C=O) groups is 2. The highest BCUT2D eigenvalue weighted by Gasteiger charge is 2.51. The Morgan fingerprint density at radius 1 is 1.22 bits per heavy atom. The molecule has 0 bridgehead atoms. The molecule has 5 nitrogen and oxygen atoms in total. The molecule has 3 rings (SSSR count). The summed E-state index contributed by atoms with van der Waals surface area (Å²) in [5.41, 5.74) is -0.235. The van der Waals surface area contributed by atoms with Gasteiger partial charge in [0.05, 0.1) is 12.1 Å². The number of para-hydroxylation sites is 1. The number of ketones is 1. The summed E-state index contributed by atoms with van der Waals surface area (Å²) in [6.45, 7) is 3.76. The van der Waals surface area contributed by atoms with E-state index in [1.54, 1.807) is 35.2 Å². The quantitative estimate of drug-likeness (QED) is 0.880. The number of aliphatic hydroxyl groups is 1. The van der Waals surface area contributed by atoms with Crippen molar-refractivity contribution < 1.29 is 14.7 Å². The Balaban J connectivity index is 2.01. The Hall–Kier alpha value is -2.53. The minimum absolute atomic E-state index is 0.103. The van der Waals surface area contributed by atoms with Crippen molar-refractivity contribution in [3.05, 3.63) is 59.9 Å². The van der Waals surface area contributed by atoms with Gasteiger partial charge in [0, 0.05) is 29.6 Å². The van der Waals surface area contributed by atoms with Crippen LogP contribution >= 0.6 is 0 Å². The van der Waals surface area contributed by atoms with E-state index in [-0.39, 0.29) is 18.2 Å². The smallest absolute Gasteiger partial charge is 0.264 e. The zero-order chi connectivity index (χ0) is 16.6. The van der Waals surface area contributed by atoms with Crippen molar-refractivity contribution in [2.24, 2.45) is 0 Å². The summed E-state index contributed by atoms with van der Waals surface area (Å²) in [5.74, 6) is -0.736. The standard InChI is InChI=1S/C18H18N2O3/c1-12(2)20-15-6-4-3-5-14(15)18(23,17(20)22)11-16(21)13-7-9-19-10-8-13/h3-10,12,23H,11H2,1-2H3. The molecule has 0 saturated carbocycles. The number of fused-ring (bicyclic) bond motifs is 1. The van der Waals surface area contributed by atoms with Crippen LogP contribution in [0.3, 0.4) is 0 Å². The van der Waals surface area contributed by atoms with Gasteiger partial charge in [0.1, 0.15) is 0 Å². The Kier molecular flexibility index (Phi) is 3.74. The second-order valence-corrected chi connectivity index (χ2v) is 5.98. The maximum Gasteiger partial charge on any atom is 0.264 e. The van der Waals surface area contributed by atoms with Gasteiger partial charge < -0.3 is 10.0 Å². The molecule has 0 radical (unpaired) electrons. The number of hydrogen-bond acceptors (Lipinski definition) is 4. The molecule has 1 aliphatic heterocycles. The van der Waals surface area contributed by atoms with Crippen molar-refractivity contribution in [2.75, 3.05) is 4.90 Å². The molecule has 1 atom stereocenters. The SMILES string of the molecule is CC(C)N1C(=O)C(O)(CC(=O)c2ccncc2)c2ccccc21. The summed E-state index contributed by atoms with van der Waals surface area (Å²) >= 11 is 0. The first kappa shape index (κ1) is 15.4. The van der Waals surface area contributed by atoms with Gasteiger partial charge in [-0.05, 0) is 32.0 Å². The molecule has 0 spiro atoms. The minimum atomic E-state index is -1.82. The minimum Gasteiger partial charge on any atom is -0.375 e. The molecule has 23 heavy (non-hydrogen) atoms. The molecule has 1 aromatic heterocycles. The molecule has 5 heteroatoms. The largest absolute Gasteiger partial charge is 0.375 e. The fourth-order valence-electron chi connectivity index (χ4n) is 3.01. The lowest BCUT2D eigenvalue weighted by molar-refractivity contribution is -0.136. The van der Waals surface area contributed by atoms with Crippen molar-refractivity contribution >= 4 is 17.4 Å². The van der Waals surface area contributed by atoms with Crippen molar-refractivity contribution in [3.63, 3.8) is 0 Å². The van der Waals surface area contributed by atoms with Crippen LogP contribution < -0.4 is 4.90 Å². The lowest BCUT2D eigenvalue weighted by Crippen LogP contribution is -2.44. The van der Waals surface area contributed by atoms with Crippen LogP contribution in [-0.4, -0.2) is 27.8 Å². The number of rotatable bonds is 4. The van der Waals surface area contributed by atoms with Crippen LogP contribution in [0.25, 0.3) is 0 Å². The van der Waals surface area contributed by atoms with Gasteiger partial charge in [0.2, 0.25) is 0 Å². The molecular weight excluding hydrogens is 292 g/mol. The van der Waals surface area contributed by atoms with E-state index in [0.29, 0.717) is 16.8 Å². The third-order valence-corrected chi connectivity index (χ3v) is 4.12. The fourth-order valence-corrected chi connectivity index (χ4v) is 3.01. The number of anilines is 1. The number of carbonyl (C=O) groups excluding carboxylic acids is 2. The average molecular weight is 310 g/mol. The van der Waals surface area contributed by atoms with E-state index in [0.717, 1.165) is 0 Å². The van der Waals surface area contributed by atoms with Crippen molar-refractivity contribution in [1.82, 2.24) is 4.98 Å². The predicted octanol–water partition coefficient (Wildman–Crippen LogP) is 2.30. The van der Waals surface area contributed by atoms with Crippen LogP contribution in [-0.2, 0) is 10.4 Å². The molecule has 1 aromatic carbocycles. The first-order chi connectivity index (χ1) is 10.9. The summed E-state index contributed by atoms with van der Waals surface area (Å²) in [5, 5.41) is 11.0. The number of benzene rings is 1. The highest BCUT2D eigenvalue weighted by atomic mass is 16.3. The molecular formula is C18H18N2O3. The number of aromatic nitrogens is 1. The summed E-state index contributed by atoms with van der Waals surface area (Å²) in [4.78, 5) is 30.7. The van der Waals surface area contributed by atoms with Crippen LogP contribution in [0.1, 0.15) is 36.2 Å². The van der Waals surface area contributed by atoms with Gasteiger partial charge in [-0.15, -0.1) is 0 Å². The molecule has 0 saturated heterocycles. The molecule has 1 aliphatic rings. The molecule has 1 amide bonds. The topological polar surface area (TPSA) is 70.5 Å². The summed E-state index contributed by atoms with van der Waals surface area (Å²) in [6, 6.07) is 10.1. The van der Waals surface area contributed by atoms with Crippen molar-refractivity contribution in [1.29, 1.82) is 0 Å². The van der Waals surface area contributed by atoms with Crippen LogP contribution in [0.4, 0.5) is 5.69 Å². The molecule has 1 unspecified atom stereocenters. The van der Waals surface area contributed by atoms with E-state index < -0.39 is 11.5 Å². The first-order valence-electron chi connectivity index (χ1n) is 7.54. The van der Waals surface area contributed by atoms with Crippen LogP contribution in [0.15, 0.2) is 48.8 Å². The molecule has 2 heterocycles. The Morgan fingerprint density at radius 2 is 1.87 bits per heavy atom. The second-order valence-electron chi connectivity index (χ2n) is 5.98. The van der Waals surface area contributed by atoms with Gasteiger partial charge in [0.15, 0.2) is 11.4 Å². The normalized spacial score (nSPS) is 20.0. The second kappa shape index (κ2) is 5.59. The number of Topliss-reactive ketones (excluding diaryl/α,β-unsaturated/α-hetero) is 1. The summed E-state index contributed by atoms with van der Waals surface area (Å²) < 4.78 is 0. The third-order valence-electron chi connectivity index (χ3n) is 4.12. The molecule has 118 valence electrons. The highest BCUT2D eigenvalue weighted by molar-refractivity contribution is 6.11. The van der Waals surface area contributed by atoms with E-state index in [4.69, 9.17) is 0 Å². The third kappa shape index (κ3) is 2.43. The summed E-state index contributed by atoms with van der Waals surface area (Å²) in [7, 11) is 0. The molecule has 1 N–H and O–H groups in total. The van der Waals surface area contributed by atoms with Crippen LogP contribution in [0.2, 0.25) is 0 Å². The first-order valence-corrected chi connectivity index (χ1v) is 7.54. The van der Waals surface area contributed by atoms with Crippen molar-refractivity contribution in [2.45, 2.75) is 31.9 Å². The van der Waals surface area contributed by atoms with Gasteiger partial charge in [-0.3, -0.25) is 14.6 Å². The molecule has 0 aliphatic carbocycles. The number of hydrogen-bond donors (Lipinski definition) is 1. The Morgan fingerprint density at radius 3 is 2.52 bits per heavy atom. The zero-order valence-corrected chi connectivity index (χ0v) is 13.1. The lowest BCUT2D eigenvalue weighted by Gasteiger charge is -2.25. The van der Waals surface area contributed by atoms with Gasteiger partial charge >= 0.3 is 0 Å². The van der Waals surface area contributed by atoms with E-state index in [9.17, 15) is 14.7 Å². The molecule has 0 fully saturated rings. The predicted molar refractivity (Wildman–Crippen MR) is 86.1 cm³/mol. The maximum atomic E-state index is 12.8. The monoisotopic (exact) mass is 310 g/mol.